The maximum atomic E-state index is 12.3. The molecule has 0 aromatic heterocycles. The van der Waals surface area contributed by atoms with Crippen LogP contribution < -0.4 is 10.6 Å². The molecule has 1 unspecified atom stereocenters. The molecule has 0 aromatic carbocycles. The lowest BCUT2D eigenvalue weighted by atomic mass is 9.88. The van der Waals surface area contributed by atoms with Gasteiger partial charge in [-0.15, -0.1) is 12.4 Å². The Hall–Kier alpha value is -0.810. The molecule has 1 saturated carbocycles. The second-order valence-corrected chi connectivity index (χ2v) is 7.90. The minimum atomic E-state index is 0. The van der Waals surface area contributed by atoms with E-state index in [1.165, 1.54) is 25.7 Å². The second-order valence-electron chi connectivity index (χ2n) is 7.90. The Morgan fingerprint density at radius 2 is 1.72 bits per heavy atom. The average molecular weight is 372 g/mol. The van der Waals surface area contributed by atoms with Gasteiger partial charge in [-0.05, 0) is 57.5 Å². The number of carbonyl (C=O) groups excluding carboxylic acids is 2. The zero-order valence-corrected chi connectivity index (χ0v) is 16.1. The van der Waals surface area contributed by atoms with Crippen LogP contribution in [0.1, 0.15) is 64.2 Å². The van der Waals surface area contributed by atoms with Crippen LogP contribution >= 0.6 is 12.4 Å². The van der Waals surface area contributed by atoms with Crippen LogP contribution in [0.4, 0.5) is 0 Å². The second kappa shape index (κ2) is 10.4. The summed E-state index contributed by atoms with van der Waals surface area (Å²) in [5.41, 5.74) is 0. The van der Waals surface area contributed by atoms with Crippen molar-refractivity contribution < 1.29 is 9.59 Å². The number of likely N-dealkylation sites (tertiary alicyclic amines) is 1. The van der Waals surface area contributed by atoms with Crippen molar-refractivity contribution in [3.8, 4) is 0 Å². The number of nitrogens with one attached hydrogen (secondary N) is 2. The maximum absolute atomic E-state index is 12.3. The molecule has 0 radical (unpaired) electrons. The summed E-state index contributed by atoms with van der Waals surface area (Å²) in [4.78, 5) is 26.7. The number of carbonyl (C=O) groups is 2. The average Bonchev–Trinajstić information content (AvgIpc) is 3.14. The van der Waals surface area contributed by atoms with Crippen LogP contribution in [0, 0.1) is 11.8 Å². The smallest absolute Gasteiger partial charge is 0.223 e. The fourth-order valence-electron chi connectivity index (χ4n) is 4.40. The fourth-order valence-corrected chi connectivity index (χ4v) is 4.40. The molecule has 1 aliphatic carbocycles. The third-order valence-electron chi connectivity index (χ3n) is 6.10. The summed E-state index contributed by atoms with van der Waals surface area (Å²) in [6.45, 7) is 3.78. The molecule has 2 amide bonds. The lowest BCUT2D eigenvalue weighted by Gasteiger charge is -2.33. The molecule has 25 heavy (non-hydrogen) atoms. The predicted molar refractivity (Wildman–Crippen MR) is 102 cm³/mol. The van der Waals surface area contributed by atoms with E-state index in [0.717, 1.165) is 58.3 Å². The number of amides is 2. The molecule has 2 N–H and O–H groups in total. The lowest BCUT2D eigenvalue weighted by molar-refractivity contribution is -0.132. The van der Waals surface area contributed by atoms with Crippen molar-refractivity contribution in [3.63, 3.8) is 0 Å². The molecule has 144 valence electrons. The van der Waals surface area contributed by atoms with Crippen LogP contribution in [-0.4, -0.2) is 48.9 Å². The molecule has 0 spiro atoms. The van der Waals surface area contributed by atoms with E-state index in [1.54, 1.807) is 0 Å². The zero-order chi connectivity index (χ0) is 16.8. The Kier molecular flexibility index (Phi) is 8.50. The van der Waals surface area contributed by atoms with Gasteiger partial charge >= 0.3 is 0 Å². The largest absolute Gasteiger partial charge is 0.353 e. The quantitative estimate of drug-likeness (QED) is 0.780. The number of hydrogen-bond donors (Lipinski definition) is 2. The predicted octanol–water partition coefficient (Wildman–Crippen LogP) is 2.49. The van der Waals surface area contributed by atoms with Gasteiger partial charge in [0.25, 0.3) is 0 Å². The van der Waals surface area contributed by atoms with E-state index >= 15 is 0 Å². The van der Waals surface area contributed by atoms with Crippen molar-refractivity contribution in [2.75, 3.05) is 26.2 Å². The van der Waals surface area contributed by atoms with E-state index in [1.807, 2.05) is 4.90 Å². The van der Waals surface area contributed by atoms with Gasteiger partial charge in [0.2, 0.25) is 11.8 Å². The Balaban J connectivity index is 0.00000225. The van der Waals surface area contributed by atoms with E-state index in [2.05, 4.69) is 10.6 Å². The highest BCUT2D eigenvalue weighted by atomic mass is 35.5. The van der Waals surface area contributed by atoms with Crippen LogP contribution in [0.25, 0.3) is 0 Å². The van der Waals surface area contributed by atoms with Crippen molar-refractivity contribution in [2.24, 2.45) is 11.8 Å². The first-order valence-corrected chi connectivity index (χ1v) is 10.0. The first-order chi connectivity index (χ1) is 11.7. The molecule has 2 aliphatic heterocycles. The Bertz CT molecular complexity index is 426. The summed E-state index contributed by atoms with van der Waals surface area (Å²) in [6, 6.07) is 0.266. The van der Waals surface area contributed by atoms with Crippen LogP contribution in [0.5, 0.6) is 0 Å². The fraction of sp³-hybridized carbons (Fsp3) is 0.895. The summed E-state index contributed by atoms with van der Waals surface area (Å²) in [5, 5.41) is 6.60. The molecular formula is C19H34ClN3O2. The first-order valence-electron chi connectivity index (χ1n) is 10.0. The zero-order valence-electron chi connectivity index (χ0n) is 15.3. The van der Waals surface area contributed by atoms with Crippen LogP contribution in [0.15, 0.2) is 0 Å². The van der Waals surface area contributed by atoms with Gasteiger partial charge in [-0.2, -0.15) is 0 Å². The van der Waals surface area contributed by atoms with Gasteiger partial charge in [0.1, 0.15) is 0 Å². The minimum Gasteiger partial charge on any atom is -0.353 e. The standard InChI is InChI=1S/C19H33N3O2.ClH/c23-18(7-6-15-8-11-20-14-15)22-12-9-17(10-13-22)21-19(24)16-4-2-1-3-5-16;/h15-17,20H,1-14H2,(H,21,24);1H. The summed E-state index contributed by atoms with van der Waals surface area (Å²) >= 11 is 0. The van der Waals surface area contributed by atoms with Gasteiger partial charge in [0.05, 0.1) is 0 Å². The first kappa shape index (κ1) is 20.5. The molecule has 3 rings (SSSR count). The van der Waals surface area contributed by atoms with E-state index < -0.39 is 0 Å². The van der Waals surface area contributed by atoms with Gasteiger partial charge in [0.15, 0.2) is 0 Å². The Morgan fingerprint density at radius 1 is 1.00 bits per heavy atom. The number of hydrogen-bond acceptors (Lipinski definition) is 3. The molecular weight excluding hydrogens is 338 g/mol. The molecule has 1 atom stereocenters. The number of nitrogens with zero attached hydrogens (tertiary/aromatic N) is 1. The number of halogens is 1. The van der Waals surface area contributed by atoms with Crippen molar-refractivity contribution in [3.05, 3.63) is 0 Å². The monoisotopic (exact) mass is 371 g/mol. The topological polar surface area (TPSA) is 61.4 Å². The molecule has 2 saturated heterocycles. The molecule has 0 aromatic rings. The van der Waals surface area contributed by atoms with Crippen LogP contribution in [0.3, 0.4) is 0 Å². The SMILES string of the molecule is Cl.O=C(NC1CCN(C(=O)CCC2CCNC2)CC1)C1CCCCC1. The van der Waals surface area contributed by atoms with E-state index in [0.29, 0.717) is 18.2 Å². The molecule has 6 heteroatoms. The van der Waals surface area contributed by atoms with Crippen molar-refractivity contribution in [1.82, 2.24) is 15.5 Å². The van der Waals surface area contributed by atoms with Crippen molar-refractivity contribution >= 4 is 24.2 Å². The third-order valence-corrected chi connectivity index (χ3v) is 6.10. The summed E-state index contributed by atoms with van der Waals surface area (Å²) in [7, 11) is 0. The number of piperidine rings is 1. The van der Waals surface area contributed by atoms with E-state index in [4.69, 9.17) is 0 Å². The normalized spacial score (nSPS) is 25.4. The Labute approximate surface area is 158 Å². The molecule has 0 bridgehead atoms. The molecule has 3 fully saturated rings. The van der Waals surface area contributed by atoms with Gasteiger partial charge in [0, 0.05) is 31.5 Å². The van der Waals surface area contributed by atoms with Crippen LogP contribution in [0.2, 0.25) is 0 Å². The van der Waals surface area contributed by atoms with Crippen LogP contribution in [-0.2, 0) is 9.59 Å². The summed E-state index contributed by atoms with van der Waals surface area (Å²) in [6.07, 6.45) is 10.5. The highest BCUT2D eigenvalue weighted by Gasteiger charge is 2.27. The van der Waals surface area contributed by atoms with Gasteiger partial charge in [-0.25, -0.2) is 0 Å². The van der Waals surface area contributed by atoms with E-state index in [-0.39, 0.29) is 30.3 Å². The van der Waals surface area contributed by atoms with Gasteiger partial charge in [-0.1, -0.05) is 19.3 Å². The molecule has 5 nitrogen and oxygen atoms in total. The van der Waals surface area contributed by atoms with Crippen molar-refractivity contribution in [1.29, 1.82) is 0 Å². The summed E-state index contributed by atoms with van der Waals surface area (Å²) < 4.78 is 0. The lowest BCUT2D eigenvalue weighted by Crippen LogP contribution is -2.48. The highest BCUT2D eigenvalue weighted by Crippen LogP contribution is 2.24. The Morgan fingerprint density at radius 3 is 2.36 bits per heavy atom. The third kappa shape index (κ3) is 6.14. The maximum Gasteiger partial charge on any atom is 0.223 e. The van der Waals surface area contributed by atoms with Crippen molar-refractivity contribution in [2.45, 2.75) is 70.3 Å². The molecule has 3 aliphatic rings. The molecule has 2 heterocycles. The number of rotatable bonds is 5. The van der Waals surface area contributed by atoms with E-state index in [9.17, 15) is 9.59 Å². The summed E-state index contributed by atoms with van der Waals surface area (Å²) in [5.74, 6) is 1.48. The van der Waals surface area contributed by atoms with Gasteiger partial charge in [-0.3, -0.25) is 9.59 Å². The minimum absolute atomic E-state index is 0. The van der Waals surface area contributed by atoms with Gasteiger partial charge < -0.3 is 15.5 Å². The highest BCUT2D eigenvalue weighted by molar-refractivity contribution is 5.85.